The lowest BCUT2D eigenvalue weighted by Crippen LogP contribution is -2.53. The van der Waals surface area contributed by atoms with Crippen LogP contribution in [0.5, 0.6) is 5.75 Å². The van der Waals surface area contributed by atoms with Gasteiger partial charge in [0.25, 0.3) is 11.8 Å². The molecule has 10 heteroatoms. The number of para-hydroxylation sites is 1. The number of allylic oxidation sites excluding steroid dienone is 2. The minimum Gasteiger partial charge on any atom is -0.508 e. The number of halogens is 2. The maximum absolute atomic E-state index is 15.1. The van der Waals surface area contributed by atoms with E-state index in [-0.39, 0.29) is 30.4 Å². The zero-order chi connectivity index (χ0) is 34.9. The number of benzene rings is 4. The van der Waals surface area contributed by atoms with Crippen molar-refractivity contribution in [3.05, 3.63) is 143 Å². The molecule has 4 aromatic carbocycles. The van der Waals surface area contributed by atoms with Gasteiger partial charge in [-0.25, -0.2) is 4.39 Å². The van der Waals surface area contributed by atoms with Crippen LogP contribution < -0.4 is 10.3 Å². The predicted octanol–water partition coefficient (Wildman–Crippen LogP) is 7.02. The third kappa shape index (κ3) is 4.56. The molecule has 2 saturated heterocycles. The molecule has 0 spiro atoms. The summed E-state index contributed by atoms with van der Waals surface area (Å²) in [4.78, 5) is 59.4. The van der Waals surface area contributed by atoms with Gasteiger partial charge >= 0.3 is 0 Å². The molecule has 0 aromatic heterocycles. The number of amides is 4. The van der Waals surface area contributed by atoms with Crippen LogP contribution in [-0.4, -0.2) is 33.7 Å². The number of hydrazine groups is 1. The molecule has 50 heavy (non-hydrogen) atoms. The van der Waals surface area contributed by atoms with Crippen molar-refractivity contribution in [3.63, 3.8) is 0 Å². The summed E-state index contributed by atoms with van der Waals surface area (Å²) in [5, 5.41) is 12.8. The molecule has 0 unspecified atom stereocenters. The monoisotopic (exact) mass is 687 g/mol. The summed E-state index contributed by atoms with van der Waals surface area (Å²) < 4.78 is 13.8. The summed E-state index contributed by atoms with van der Waals surface area (Å²) in [6, 6.07) is 25.8. The first-order valence-electron chi connectivity index (χ1n) is 16.4. The molecule has 2 aliphatic heterocycles. The van der Waals surface area contributed by atoms with Gasteiger partial charge in [-0.15, -0.1) is 0 Å². The molecule has 2 heterocycles. The zero-order valence-electron chi connectivity index (χ0n) is 26.6. The zero-order valence-corrected chi connectivity index (χ0v) is 27.4. The van der Waals surface area contributed by atoms with E-state index in [4.69, 9.17) is 11.6 Å². The van der Waals surface area contributed by atoms with Crippen LogP contribution in [0.2, 0.25) is 5.02 Å². The van der Waals surface area contributed by atoms with Crippen LogP contribution in [0.25, 0.3) is 6.08 Å². The van der Waals surface area contributed by atoms with Crippen LogP contribution in [0.1, 0.15) is 35.4 Å². The highest BCUT2D eigenvalue weighted by Crippen LogP contribution is 2.65. The molecule has 4 aliphatic rings. The van der Waals surface area contributed by atoms with Gasteiger partial charge in [0.1, 0.15) is 11.6 Å². The van der Waals surface area contributed by atoms with E-state index in [1.54, 1.807) is 72.8 Å². The van der Waals surface area contributed by atoms with E-state index in [1.807, 2.05) is 6.08 Å². The summed E-state index contributed by atoms with van der Waals surface area (Å²) in [6.45, 7) is 3.78. The smallest absolute Gasteiger partial charge is 0.260 e. The largest absolute Gasteiger partial charge is 0.508 e. The molecule has 0 bridgehead atoms. The first-order valence-corrected chi connectivity index (χ1v) is 16.8. The Kier molecular flexibility index (Phi) is 7.49. The molecular formula is C40H31ClFN3O5. The van der Waals surface area contributed by atoms with Crippen molar-refractivity contribution in [1.29, 1.82) is 0 Å². The van der Waals surface area contributed by atoms with Gasteiger partial charge in [0.05, 0.1) is 34.5 Å². The minimum atomic E-state index is -1.57. The Balaban J connectivity index is 1.31. The third-order valence-corrected chi connectivity index (χ3v) is 11.1. The number of fused-ring (bicyclic) bond motifs is 4. The number of imide groups is 2. The second-order valence-corrected chi connectivity index (χ2v) is 13.7. The van der Waals surface area contributed by atoms with Crippen molar-refractivity contribution in [2.45, 2.75) is 24.2 Å². The van der Waals surface area contributed by atoms with Gasteiger partial charge in [0.2, 0.25) is 11.8 Å². The number of nitrogens with zero attached hydrogens (tertiary/aromatic N) is 2. The number of carbonyl (C=O) groups is 4. The van der Waals surface area contributed by atoms with E-state index in [9.17, 15) is 23.9 Å². The molecule has 6 atom stereocenters. The molecule has 8 rings (SSSR count). The quantitative estimate of drug-likeness (QED) is 0.167. The van der Waals surface area contributed by atoms with Gasteiger partial charge in [-0.3, -0.25) is 29.5 Å². The number of rotatable bonds is 6. The SMILES string of the molecule is C=Cc1ccc(N2C(=O)[C@H]3[C@H](CC=C4[C@H]3C[C@H]3C(=O)N(Nc5ccc(F)cc5)C(=O)[C@@]3(c3ccc(Cl)cc3)[C@H]4c3ccccc3O)C2=O)cc1. The van der Waals surface area contributed by atoms with E-state index < -0.39 is 52.6 Å². The lowest BCUT2D eigenvalue weighted by molar-refractivity contribution is -0.138. The Morgan fingerprint density at radius 1 is 0.860 bits per heavy atom. The van der Waals surface area contributed by atoms with Crippen LogP contribution in [-0.2, 0) is 24.6 Å². The molecule has 4 amide bonds. The van der Waals surface area contributed by atoms with Crippen LogP contribution in [0.15, 0.2) is 115 Å². The summed E-state index contributed by atoms with van der Waals surface area (Å²) in [5.41, 5.74) is 4.61. The average Bonchev–Trinajstić information content (AvgIpc) is 3.50. The normalized spacial score (nSPS) is 27.1. The number of hydrogen-bond donors (Lipinski definition) is 2. The topological polar surface area (TPSA) is 107 Å². The Bertz CT molecular complexity index is 2120. The highest BCUT2D eigenvalue weighted by molar-refractivity contribution is 6.30. The molecule has 250 valence electrons. The third-order valence-electron chi connectivity index (χ3n) is 10.9. The fourth-order valence-electron chi connectivity index (χ4n) is 8.75. The molecule has 3 fully saturated rings. The molecule has 8 nitrogen and oxygen atoms in total. The van der Waals surface area contributed by atoms with E-state index in [0.717, 1.165) is 10.6 Å². The van der Waals surface area contributed by atoms with Gasteiger partial charge in [0.15, 0.2) is 0 Å². The van der Waals surface area contributed by atoms with Crippen molar-refractivity contribution in [1.82, 2.24) is 5.01 Å². The molecule has 2 aliphatic carbocycles. The molecular weight excluding hydrogens is 657 g/mol. The number of aromatic hydroxyl groups is 1. The van der Waals surface area contributed by atoms with E-state index in [0.29, 0.717) is 33.1 Å². The van der Waals surface area contributed by atoms with Gasteiger partial charge in [-0.1, -0.05) is 78.4 Å². The highest BCUT2D eigenvalue weighted by atomic mass is 35.5. The van der Waals surface area contributed by atoms with Crippen molar-refractivity contribution < 1.29 is 28.7 Å². The number of anilines is 2. The van der Waals surface area contributed by atoms with Gasteiger partial charge in [0, 0.05) is 16.5 Å². The highest BCUT2D eigenvalue weighted by Gasteiger charge is 2.70. The lowest BCUT2D eigenvalue weighted by Gasteiger charge is -2.50. The number of phenols is 1. The van der Waals surface area contributed by atoms with Crippen molar-refractivity contribution in [3.8, 4) is 5.75 Å². The van der Waals surface area contributed by atoms with E-state index in [2.05, 4.69) is 12.0 Å². The summed E-state index contributed by atoms with van der Waals surface area (Å²) in [5.74, 6) is -6.29. The lowest BCUT2D eigenvalue weighted by atomic mass is 9.49. The Hall–Kier alpha value is -5.54. The summed E-state index contributed by atoms with van der Waals surface area (Å²) >= 11 is 6.33. The van der Waals surface area contributed by atoms with Crippen molar-refractivity contribution in [2.24, 2.45) is 23.7 Å². The number of phenolic OH excluding ortho intramolecular Hbond substituents is 1. The van der Waals surface area contributed by atoms with Gasteiger partial charge < -0.3 is 5.11 Å². The van der Waals surface area contributed by atoms with E-state index in [1.165, 1.54) is 35.2 Å². The summed E-state index contributed by atoms with van der Waals surface area (Å²) in [6.07, 6.45) is 3.94. The standard InChI is InChI=1S/C40H31ClFN3O5/c1-2-22-7-17-27(18-8-22)44-36(47)30-20-19-28-31(34(30)38(44)49)21-32-37(48)45(43-26-15-13-25(42)14-16-26)39(50)40(32,23-9-11-24(41)12-10-23)35(28)29-5-3-4-6-33(29)46/h2-19,30-32,34-35,43,46H,1,20-21H2/t30-,31+,32-,34-,35+,40+/m0/s1. The van der Waals surface area contributed by atoms with Crippen LogP contribution in [0.4, 0.5) is 15.8 Å². The van der Waals surface area contributed by atoms with Crippen LogP contribution in [0, 0.1) is 29.5 Å². The average molecular weight is 688 g/mol. The summed E-state index contributed by atoms with van der Waals surface area (Å²) in [7, 11) is 0. The van der Waals surface area contributed by atoms with Crippen LogP contribution in [0.3, 0.4) is 0 Å². The predicted molar refractivity (Wildman–Crippen MR) is 186 cm³/mol. The maximum Gasteiger partial charge on any atom is 0.260 e. The second-order valence-electron chi connectivity index (χ2n) is 13.2. The van der Waals surface area contributed by atoms with E-state index >= 15 is 4.79 Å². The molecule has 0 radical (unpaired) electrons. The molecule has 2 N–H and O–H groups in total. The van der Waals surface area contributed by atoms with Crippen molar-refractivity contribution in [2.75, 3.05) is 10.3 Å². The minimum absolute atomic E-state index is 0.0729. The first-order chi connectivity index (χ1) is 24.1. The molecule has 4 aromatic rings. The fourth-order valence-corrected chi connectivity index (χ4v) is 8.87. The Morgan fingerprint density at radius 3 is 2.24 bits per heavy atom. The Morgan fingerprint density at radius 2 is 1.56 bits per heavy atom. The van der Waals surface area contributed by atoms with Gasteiger partial charge in [-0.2, -0.15) is 5.01 Å². The second kappa shape index (κ2) is 11.8. The number of hydrogen-bond acceptors (Lipinski definition) is 6. The maximum atomic E-state index is 15.1. The van der Waals surface area contributed by atoms with Crippen molar-refractivity contribution >= 4 is 52.7 Å². The fraction of sp³-hybridized carbons (Fsp3) is 0.200. The first kappa shape index (κ1) is 31.7. The Labute approximate surface area is 292 Å². The number of carbonyl (C=O) groups excluding carboxylic acids is 4. The number of nitrogens with one attached hydrogen (secondary N) is 1. The van der Waals surface area contributed by atoms with Crippen LogP contribution >= 0.6 is 11.6 Å². The van der Waals surface area contributed by atoms with Gasteiger partial charge in [-0.05, 0) is 84.5 Å². The molecule has 1 saturated carbocycles.